The smallest absolute Gasteiger partial charge is 0.306 e. The molecule has 1 aliphatic carbocycles. The summed E-state index contributed by atoms with van der Waals surface area (Å²) < 4.78 is 56.8. The predicted molar refractivity (Wildman–Crippen MR) is 61.0 cm³/mol. The van der Waals surface area contributed by atoms with Crippen LogP contribution in [-0.2, 0) is 11.1 Å². The first-order valence-corrected chi connectivity index (χ1v) is 7.13. The fourth-order valence-corrected chi connectivity index (χ4v) is 3.30. The van der Waals surface area contributed by atoms with Gasteiger partial charge < -0.3 is 4.55 Å². The van der Waals surface area contributed by atoms with Gasteiger partial charge in [0, 0.05) is 6.42 Å². The highest BCUT2D eigenvalue weighted by molar-refractivity contribution is 7.79. The Morgan fingerprint density at radius 2 is 1.94 bits per heavy atom. The highest BCUT2D eigenvalue weighted by atomic mass is 32.2. The number of hydrogen-bond donors (Lipinski definition) is 1. The number of rotatable bonds is 3. The molecule has 0 radical (unpaired) electrons. The van der Waals surface area contributed by atoms with Gasteiger partial charge in [-0.1, -0.05) is 19.8 Å². The molecule has 0 bridgehead atoms. The second-order valence-electron chi connectivity index (χ2n) is 4.96. The Labute approximate surface area is 102 Å². The molecular weight excluding hydrogens is 253 g/mol. The van der Waals surface area contributed by atoms with Crippen molar-refractivity contribution in [3.8, 4) is 0 Å². The summed E-state index contributed by atoms with van der Waals surface area (Å²) in [6.45, 7) is 1.63. The highest BCUT2D eigenvalue weighted by Gasteiger charge is 2.34. The van der Waals surface area contributed by atoms with Crippen molar-refractivity contribution in [2.24, 2.45) is 11.8 Å². The fraction of sp³-hybridized carbons (Fsp3) is 1.00. The standard InChI is InChI=1S/C11H19F3O2S/c1-8(7-11(12,13)14)9-3-2-4-10(6-5-9)17(15)16/h8-10H,2-7H2,1H3,(H,15,16). The van der Waals surface area contributed by atoms with Crippen LogP contribution in [0.25, 0.3) is 0 Å². The number of halogens is 3. The molecule has 0 aromatic heterocycles. The molecule has 4 atom stereocenters. The van der Waals surface area contributed by atoms with Gasteiger partial charge in [0.05, 0.1) is 5.25 Å². The molecule has 6 heteroatoms. The van der Waals surface area contributed by atoms with Crippen LogP contribution in [0.5, 0.6) is 0 Å². The van der Waals surface area contributed by atoms with E-state index >= 15 is 0 Å². The minimum absolute atomic E-state index is 0.0326. The Kier molecular flexibility index (Phi) is 5.44. The van der Waals surface area contributed by atoms with Gasteiger partial charge in [0.2, 0.25) is 0 Å². The molecule has 1 N–H and O–H groups in total. The molecule has 0 spiro atoms. The lowest BCUT2D eigenvalue weighted by Crippen LogP contribution is -2.20. The maximum Gasteiger partial charge on any atom is 0.389 e. The third kappa shape index (κ3) is 5.38. The van der Waals surface area contributed by atoms with Gasteiger partial charge in [0.15, 0.2) is 11.1 Å². The summed E-state index contributed by atoms with van der Waals surface area (Å²) in [4.78, 5) is 0. The summed E-state index contributed by atoms with van der Waals surface area (Å²) in [6.07, 6.45) is -1.51. The van der Waals surface area contributed by atoms with Crippen molar-refractivity contribution in [2.45, 2.75) is 56.9 Å². The lowest BCUT2D eigenvalue weighted by Gasteiger charge is -2.23. The third-order valence-electron chi connectivity index (χ3n) is 3.60. The second kappa shape index (κ2) is 6.18. The van der Waals surface area contributed by atoms with E-state index in [0.717, 1.165) is 12.8 Å². The second-order valence-corrected chi connectivity index (χ2v) is 6.18. The van der Waals surface area contributed by atoms with Crippen LogP contribution in [0, 0.1) is 11.8 Å². The SMILES string of the molecule is CC(CC(F)(F)F)C1CCCC(S(=O)O)CC1. The summed E-state index contributed by atoms with van der Waals surface area (Å²) in [6, 6.07) is 0. The molecule has 1 saturated carbocycles. The third-order valence-corrected chi connectivity index (χ3v) is 4.65. The molecule has 0 saturated heterocycles. The topological polar surface area (TPSA) is 37.3 Å². The number of alkyl halides is 3. The summed E-state index contributed by atoms with van der Waals surface area (Å²) in [5, 5.41) is -0.252. The summed E-state index contributed by atoms with van der Waals surface area (Å²) in [7, 11) is 0. The van der Waals surface area contributed by atoms with Gasteiger partial charge in [-0.3, -0.25) is 0 Å². The first kappa shape index (κ1) is 15.0. The molecule has 1 rings (SSSR count). The van der Waals surface area contributed by atoms with E-state index in [2.05, 4.69) is 0 Å². The molecule has 1 aliphatic rings. The first-order valence-electron chi connectivity index (χ1n) is 5.96. The quantitative estimate of drug-likeness (QED) is 0.627. The lowest BCUT2D eigenvalue weighted by molar-refractivity contribution is -0.147. The molecule has 0 aromatic carbocycles. The van der Waals surface area contributed by atoms with Crippen LogP contribution in [0.1, 0.15) is 45.4 Å². The molecule has 17 heavy (non-hydrogen) atoms. The molecule has 1 fully saturated rings. The Morgan fingerprint density at radius 3 is 2.47 bits per heavy atom. The normalized spacial score (nSPS) is 30.6. The zero-order valence-corrected chi connectivity index (χ0v) is 10.7. The molecule has 4 unspecified atom stereocenters. The van der Waals surface area contributed by atoms with Gasteiger partial charge in [0.1, 0.15) is 0 Å². The van der Waals surface area contributed by atoms with Crippen LogP contribution in [0.2, 0.25) is 0 Å². The lowest BCUT2D eigenvalue weighted by atomic mass is 9.85. The maximum absolute atomic E-state index is 12.3. The van der Waals surface area contributed by atoms with Crippen molar-refractivity contribution in [3.63, 3.8) is 0 Å². The Balaban J connectivity index is 2.48. The molecular formula is C11H19F3O2S. The van der Waals surface area contributed by atoms with Crippen LogP contribution >= 0.6 is 0 Å². The molecule has 0 amide bonds. The van der Waals surface area contributed by atoms with Gasteiger partial charge in [-0.25, -0.2) is 4.21 Å². The van der Waals surface area contributed by atoms with Gasteiger partial charge in [-0.2, -0.15) is 13.2 Å². The van der Waals surface area contributed by atoms with E-state index in [9.17, 15) is 17.4 Å². The monoisotopic (exact) mass is 272 g/mol. The van der Waals surface area contributed by atoms with Gasteiger partial charge >= 0.3 is 6.18 Å². The van der Waals surface area contributed by atoms with Gasteiger partial charge in [-0.05, 0) is 31.1 Å². The van der Waals surface area contributed by atoms with Gasteiger partial charge in [0.25, 0.3) is 0 Å². The predicted octanol–water partition coefficient (Wildman–Crippen LogP) is 3.75. The van der Waals surface area contributed by atoms with Crippen molar-refractivity contribution >= 4 is 11.1 Å². The molecule has 0 aromatic rings. The van der Waals surface area contributed by atoms with Crippen LogP contribution in [-0.4, -0.2) is 20.2 Å². The van der Waals surface area contributed by atoms with Crippen LogP contribution in [0.15, 0.2) is 0 Å². The van der Waals surface area contributed by atoms with E-state index < -0.39 is 23.7 Å². The van der Waals surface area contributed by atoms with Crippen molar-refractivity contribution in [1.82, 2.24) is 0 Å². The van der Waals surface area contributed by atoms with Crippen LogP contribution in [0.3, 0.4) is 0 Å². The minimum atomic E-state index is -4.11. The van der Waals surface area contributed by atoms with E-state index in [1.807, 2.05) is 0 Å². The maximum atomic E-state index is 12.3. The average molecular weight is 272 g/mol. The zero-order valence-electron chi connectivity index (χ0n) is 9.87. The first-order chi connectivity index (χ1) is 7.79. The average Bonchev–Trinajstić information content (AvgIpc) is 2.39. The van der Waals surface area contributed by atoms with Gasteiger partial charge in [-0.15, -0.1) is 0 Å². The highest BCUT2D eigenvalue weighted by Crippen LogP contribution is 2.36. The van der Waals surface area contributed by atoms with E-state index in [1.165, 1.54) is 0 Å². The van der Waals surface area contributed by atoms with E-state index in [-0.39, 0.29) is 17.1 Å². The molecule has 2 nitrogen and oxygen atoms in total. The van der Waals surface area contributed by atoms with E-state index in [0.29, 0.717) is 19.3 Å². The largest absolute Gasteiger partial charge is 0.389 e. The fourth-order valence-electron chi connectivity index (χ4n) is 2.60. The van der Waals surface area contributed by atoms with Crippen LogP contribution in [0.4, 0.5) is 13.2 Å². The van der Waals surface area contributed by atoms with E-state index in [4.69, 9.17) is 4.55 Å². The summed E-state index contributed by atoms with van der Waals surface area (Å²) in [5.74, 6) is -0.356. The zero-order chi connectivity index (χ0) is 13.1. The van der Waals surface area contributed by atoms with Crippen molar-refractivity contribution < 1.29 is 21.9 Å². The molecule has 102 valence electrons. The summed E-state index contributed by atoms with van der Waals surface area (Å²) >= 11 is -1.83. The Bertz CT molecular complexity index is 268. The minimum Gasteiger partial charge on any atom is -0.306 e. The molecule has 0 heterocycles. The van der Waals surface area contributed by atoms with Crippen molar-refractivity contribution in [3.05, 3.63) is 0 Å². The number of hydrogen-bond acceptors (Lipinski definition) is 1. The summed E-state index contributed by atoms with van der Waals surface area (Å²) in [5.41, 5.74) is 0. The Hall–Kier alpha value is -0.100. The van der Waals surface area contributed by atoms with E-state index in [1.54, 1.807) is 6.92 Å². The Morgan fingerprint density at radius 1 is 1.29 bits per heavy atom. The van der Waals surface area contributed by atoms with Crippen molar-refractivity contribution in [1.29, 1.82) is 0 Å². The van der Waals surface area contributed by atoms with Crippen LogP contribution < -0.4 is 0 Å². The van der Waals surface area contributed by atoms with Crippen molar-refractivity contribution in [2.75, 3.05) is 0 Å². The molecule has 0 aliphatic heterocycles.